The van der Waals surface area contributed by atoms with Crippen LogP contribution in [0.1, 0.15) is 58.6 Å². The number of β-amino-alcohol motifs (C(OH)–C–C–N with tert-alkyl or cyclic N) is 1. The Kier molecular flexibility index (Phi) is 22.3. The summed E-state index contributed by atoms with van der Waals surface area (Å²) < 4.78 is 0. The Balaban J connectivity index is -0.000000408. The summed E-state index contributed by atoms with van der Waals surface area (Å²) in [5, 5.41) is 18.8. The van der Waals surface area contributed by atoms with Crippen LogP contribution in [-0.4, -0.2) is 53.7 Å². The van der Waals surface area contributed by atoms with Gasteiger partial charge in [0.15, 0.2) is 0 Å². The van der Waals surface area contributed by atoms with E-state index in [1.165, 1.54) is 0 Å². The molecule has 178 valence electrons. The largest absolute Gasteiger partial charge is 0.400 e. The van der Waals surface area contributed by atoms with Gasteiger partial charge in [0.2, 0.25) is 12.3 Å². The molecule has 0 aliphatic carbocycles. The van der Waals surface area contributed by atoms with Gasteiger partial charge in [-0.3, -0.25) is 21.3 Å². The quantitative estimate of drug-likeness (QED) is 0.208. The number of aliphatic hydroxyl groups is 2. The van der Waals surface area contributed by atoms with E-state index >= 15 is 0 Å². The average Bonchev–Trinajstić information content (AvgIpc) is 3.23. The lowest BCUT2D eigenvalue weighted by molar-refractivity contribution is -0.132. The van der Waals surface area contributed by atoms with Gasteiger partial charge in [0.1, 0.15) is 0 Å². The first-order chi connectivity index (χ1) is 14.7. The lowest BCUT2D eigenvalue weighted by atomic mass is 9.92. The molecule has 8 heteroatoms. The van der Waals surface area contributed by atoms with E-state index in [1.807, 2.05) is 38.1 Å². The molecule has 1 aromatic rings. The van der Waals surface area contributed by atoms with Crippen molar-refractivity contribution in [2.75, 3.05) is 20.2 Å². The van der Waals surface area contributed by atoms with Crippen LogP contribution in [0.25, 0.3) is 0 Å². The second kappa shape index (κ2) is 20.8. The molecule has 2 rings (SSSR count). The molecule has 0 spiro atoms. The maximum atomic E-state index is 11.6. The number of hydrogen-bond acceptors (Lipinski definition) is 6. The van der Waals surface area contributed by atoms with E-state index in [-0.39, 0.29) is 17.4 Å². The molecule has 8 nitrogen and oxygen atoms in total. The summed E-state index contributed by atoms with van der Waals surface area (Å²) in [5.74, 6) is 10.7. The molecule has 1 atom stereocenters. The molecule has 7 N–H and O–H groups in total. The molecule has 31 heavy (non-hydrogen) atoms. The zero-order chi connectivity index (χ0) is 24.9. The number of benzene rings is 1. The highest BCUT2D eigenvalue weighted by Gasteiger charge is 2.27. The number of nitrogens with one attached hydrogen (secondary N) is 1. The van der Waals surface area contributed by atoms with Crippen LogP contribution in [0.15, 0.2) is 24.3 Å². The van der Waals surface area contributed by atoms with E-state index in [0.717, 1.165) is 31.2 Å². The molecule has 1 aromatic carbocycles. The fourth-order valence-corrected chi connectivity index (χ4v) is 2.41. The molecular weight excluding hydrogens is 396 g/mol. The molecule has 0 bridgehead atoms. The van der Waals surface area contributed by atoms with E-state index in [4.69, 9.17) is 11.5 Å². The Hall–Kier alpha value is -2.44. The van der Waals surface area contributed by atoms with Crippen molar-refractivity contribution >= 4 is 12.3 Å². The highest BCUT2D eigenvalue weighted by molar-refractivity contribution is 5.77. The maximum Gasteiger partial charge on any atom is 0.223 e. The number of nitrogens with two attached hydrogens (primary N) is 2. The van der Waals surface area contributed by atoms with Crippen LogP contribution in [0, 0.1) is 17.8 Å². The van der Waals surface area contributed by atoms with Gasteiger partial charge < -0.3 is 20.4 Å². The fraction of sp³-hybridized carbons (Fsp3) is 0.565. The Morgan fingerprint density at radius 3 is 2.13 bits per heavy atom. The van der Waals surface area contributed by atoms with Gasteiger partial charge in [-0.2, -0.15) is 0 Å². The molecule has 1 unspecified atom stereocenters. The summed E-state index contributed by atoms with van der Waals surface area (Å²) in [5.41, 5.74) is 1.94. The number of terminal acetylenes is 1. The zero-order valence-corrected chi connectivity index (χ0v) is 19.9. The zero-order valence-electron chi connectivity index (χ0n) is 19.9. The number of aliphatic hydroxyl groups excluding tert-OH is 2. The third-order valence-electron chi connectivity index (χ3n) is 3.71. The number of hydrogen-bond donors (Lipinski definition) is 5. The normalized spacial score (nSPS) is 13.8. The van der Waals surface area contributed by atoms with Crippen molar-refractivity contribution in [3.63, 3.8) is 0 Å². The highest BCUT2D eigenvalue weighted by Crippen LogP contribution is 2.21. The maximum absolute atomic E-state index is 11.6. The first kappa shape index (κ1) is 33.2. The number of nitrogens with zero attached hydrogens (tertiary/aromatic N) is 1. The van der Waals surface area contributed by atoms with E-state index in [0.29, 0.717) is 25.9 Å². The van der Waals surface area contributed by atoms with Crippen molar-refractivity contribution in [1.29, 1.82) is 0 Å². The van der Waals surface area contributed by atoms with Gasteiger partial charge >= 0.3 is 0 Å². The van der Waals surface area contributed by atoms with Crippen LogP contribution in [0.2, 0.25) is 0 Å². The van der Waals surface area contributed by atoms with E-state index in [2.05, 4.69) is 43.7 Å². The van der Waals surface area contributed by atoms with Crippen molar-refractivity contribution in [3.8, 4) is 12.3 Å². The molecule has 1 heterocycles. The smallest absolute Gasteiger partial charge is 0.223 e. The Morgan fingerprint density at radius 2 is 1.77 bits per heavy atom. The SMILES string of the molecule is C#Cc1ccc(CNC=O)cc1.CC.CC(C)(C)CC(=O)N1CCC(O)C1.CO.NN. The van der Waals surface area contributed by atoms with E-state index < -0.39 is 0 Å². The van der Waals surface area contributed by atoms with Crippen molar-refractivity contribution < 1.29 is 19.8 Å². The van der Waals surface area contributed by atoms with Gasteiger partial charge in [-0.05, 0) is 29.5 Å². The topological polar surface area (TPSA) is 142 Å². The molecule has 1 saturated heterocycles. The standard InChI is InChI=1S/C10H19NO2.C10H9NO.C2H6.CH4O.H4N2/c1-10(2,3)6-9(13)11-5-4-8(12)7-11;1-2-9-3-5-10(6-4-9)7-11-8-12;3*1-2/h8,12H,4-7H2,1-3H3;1,3-6,8H,7H2,(H,11,12);1-2H3;2H,1H3;1-2H2. The lowest BCUT2D eigenvalue weighted by Gasteiger charge is -2.22. The van der Waals surface area contributed by atoms with E-state index in [9.17, 15) is 14.7 Å². The minimum Gasteiger partial charge on any atom is -0.400 e. The van der Waals surface area contributed by atoms with Crippen LogP contribution in [-0.2, 0) is 16.1 Å². The van der Waals surface area contributed by atoms with Gasteiger partial charge in [-0.15, -0.1) is 6.42 Å². The van der Waals surface area contributed by atoms with Crippen LogP contribution >= 0.6 is 0 Å². The van der Waals surface area contributed by atoms with Gasteiger partial charge in [-0.25, -0.2) is 0 Å². The summed E-state index contributed by atoms with van der Waals surface area (Å²) >= 11 is 0. The molecule has 1 fully saturated rings. The number of carbonyl (C=O) groups is 2. The first-order valence-corrected chi connectivity index (χ1v) is 10.2. The Labute approximate surface area is 188 Å². The summed E-state index contributed by atoms with van der Waals surface area (Å²) in [4.78, 5) is 23.3. The molecule has 0 saturated carbocycles. The van der Waals surface area contributed by atoms with Crippen LogP contribution < -0.4 is 17.0 Å². The third kappa shape index (κ3) is 18.1. The number of carbonyl (C=O) groups excluding carboxylic acids is 2. The highest BCUT2D eigenvalue weighted by atomic mass is 16.3. The van der Waals surface area contributed by atoms with Gasteiger partial charge in [0.05, 0.1) is 6.10 Å². The van der Waals surface area contributed by atoms with Crippen molar-refractivity contribution in [2.24, 2.45) is 17.1 Å². The summed E-state index contributed by atoms with van der Waals surface area (Å²) in [6, 6.07) is 7.49. The monoisotopic (exact) mass is 438 g/mol. The summed E-state index contributed by atoms with van der Waals surface area (Å²) in [6.07, 6.45) is 6.85. The molecular formula is C23H42N4O4. The molecule has 2 amide bonds. The Morgan fingerprint density at radius 1 is 1.26 bits per heavy atom. The molecule has 0 radical (unpaired) electrons. The molecule has 1 aliphatic rings. The van der Waals surface area contributed by atoms with Crippen molar-refractivity contribution in [3.05, 3.63) is 35.4 Å². The minimum absolute atomic E-state index is 0.0463. The number of rotatable bonds is 4. The number of likely N-dealkylation sites (tertiary alicyclic amines) is 1. The number of amides is 2. The lowest BCUT2D eigenvalue weighted by Crippen LogP contribution is -2.32. The van der Waals surface area contributed by atoms with Gasteiger partial charge in [-0.1, -0.05) is 52.7 Å². The first-order valence-electron chi connectivity index (χ1n) is 10.2. The fourth-order valence-electron chi connectivity index (χ4n) is 2.41. The molecule has 0 aromatic heterocycles. The predicted octanol–water partition coefficient (Wildman–Crippen LogP) is 1.38. The predicted molar refractivity (Wildman–Crippen MR) is 126 cm³/mol. The van der Waals surface area contributed by atoms with Crippen molar-refractivity contribution in [1.82, 2.24) is 10.2 Å². The second-order valence-corrected chi connectivity index (χ2v) is 7.36. The number of hydrazine groups is 1. The van der Waals surface area contributed by atoms with Gasteiger partial charge in [0.25, 0.3) is 0 Å². The molecule has 1 aliphatic heterocycles. The third-order valence-corrected chi connectivity index (χ3v) is 3.71. The Bertz CT molecular complexity index is 607. The van der Waals surface area contributed by atoms with Crippen LogP contribution in [0.5, 0.6) is 0 Å². The van der Waals surface area contributed by atoms with Gasteiger partial charge in [0, 0.05) is 38.7 Å². The summed E-state index contributed by atoms with van der Waals surface area (Å²) in [7, 11) is 1.00. The minimum atomic E-state index is -0.302. The second-order valence-electron chi connectivity index (χ2n) is 7.36. The summed E-state index contributed by atoms with van der Waals surface area (Å²) in [6.45, 7) is 11.9. The van der Waals surface area contributed by atoms with Crippen LogP contribution in [0.3, 0.4) is 0 Å². The van der Waals surface area contributed by atoms with E-state index in [1.54, 1.807) is 4.90 Å². The van der Waals surface area contributed by atoms with Crippen LogP contribution in [0.4, 0.5) is 0 Å². The van der Waals surface area contributed by atoms with Crippen molar-refractivity contribution in [2.45, 2.75) is 60.1 Å². The average molecular weight is 439 g/mol.